The van der Waals surface area contributed by atoms with Gasteiger partial charge >= 0.3 is 6.09 Å². The number of likely N-dealkylation sites (tertiary alicyclic amines) is 1. The molecule has 1 amide bonds. The van der Waals surface area contributed by atoms with Gasteiger partial charge in [0.25, 0.3) is 5.56 Å². The van der Waals surface area contributed by atoms with Crippen LogP contribution in [0.2, 0.25) is 0 Å². The van der Waals surface area contributed by atoms with E-state index in [0.29, 0.717) is 47.6 Å². The molecule has 3 aromatic carbocycles. The summed E-state index contributed by atoms with van der Waals surface area (Å²) in [5.74, 6) is 0.140. The van der Waals surface area contributed by atoms with E-state index in [1.807, 2.05) is 74.5 Å². The summed E-state index contributed by atoms with van der Waals surface area (Å²) < 4.78 is 1.67. The molecule has 9 heteroatoms. The molecule has 0 bridgehead atoms. The second-order valence-electron chi connectivity index (χ2n) is 10.6. The normalized spacial score (nSPS) is 15.6. The number of anilines is 1. The van der Waals surface area contributed by atoms with E-state index >= 15 is 0 Å². The number of fused-ring (bicyclic) bond motifs is 2. The van der Waals surface area contributed by atoms with Crippen LogP contribution in [-0.2, 0) is 6.54 Å². The Kier molecular flexibility index (Phi) is 6.42. The molecule has 1 fully saturated rings. The number of hydrogen-bond acceptors (Lipinski definition) is 5. The van der Waals surface area contributed by atoms with E-state index in [1.165, 1.54) is 4.90 Å². The summed E-state index contributed by atoms with van der Waals surface area (Å²) >= 11 is 0. The van der Waals surface area contributed by atoms with Gasteiger partial charge in [-0.1, -0.05) is 36.4 Å². The molecule has 1 saturated heterocycles. The molecule has 1 atom stereocenters. The van der Waals surface area contributed by atoms with Crippen LogP contribution in [-0.4, -0.2) is 54.9 Å². The number of carbonyl (C=O) groups is 1. The van der Waals surface area contributed by atoms with Crippen molar-refractivity contribution in [3.05, 3.63) is 87.7 Å². The number of piperidine rings is 1. The van der Waals surface area contributed by atoms with E-state index < -0.39 is 6.09 Å². The topological polar surface area (TPSA) is 123 Å². The molecule has 0 spiro atoms. The predicted molar refractivity (Wildman–Crippen MR) is 156 cm³/mol. The van der Waals surface area contributed by atoms with Crippen LogP contribution in [0.5, 0.6) is 5.75 Å². The Hall–Kier alpha value is -4.79. The molecule has 5 aromatic rings. The maximum absolute atomic E-state index is 14.1. The molecule has 6 rings (SSSR count). The second kappa shape index (κ2) is 10.1. The highest BCUT2D eigenvalue weighted by atomic mass is 16.4. The van der Waals surface area contributed by atoms with Crippen molar-refractivity contribution in [3.8, 4) is 17.1 Å². The minimum Gasteiger partial charge on any atom is -0.506 e. The number of aromatic nitrogens is 3. The van der Waals surface area contributed by atoms with Crippen molar-refractivity contribution < 1.29 is 15.0 Å². The van der Waals surface area contributed by atoms with Crippen molar-refractivity contribution in [2.45, 2.75) is 39.3 Å². The number of rotatable bonds is 5. The number of aryl methyl sites for hydroxylation is 2. The average molecular weight is 538 g/mol. The summed E-state index contributed by atoms with van der Waals surface area (Å²) in [4.78, 5) is 35.1. The minimum atomic E-state index is -0.943. The molecular weight excluding hydrogens is 506 g/mol. The lowest BCUT2D eigenvalue weighted by Crippen LogP contribution is -2.44. The van der Waals surface area contributed by atoms with Crippen molar-refractivity contribution in [3.63, 3.8) is 0 Å². The van der Waals surface area contributed by atoms with Crippen LogP contribution >= 0.6 is 0 Å². The first-order chi connectivity index (χ1) is 19.3. The Bertz CT molecular complexity index is 1770. The van der Waals surface area contributed by atoms with Crippen LogP contribution in [0.15, 0.2) is 65.5 Å². The standard InChI is InChI=1S/C31H31N5O4/c1-18-14-23-24(15-19(18)2)34-29(33-23)27-28(37)26-22(32-21-10-7-13-35(17-21)31(39)40)11-6-12-25(26)36(30(27)38)16-20-8-4-3-5-9-20/h3-6,8-9,11-12,14-15,21,32,37H,7,10,13,16-17H2,1-2H3,(H,33,34)(H,39,40). The van der Waals surface area contributed by atoms with Crippen molar-refractivity contribution in [2.24, 2.45) is 0 Å². The first kappa shape index (κ1) is 25.5. The number of nitrogens with zero attached hydrogens (tertiary/aromatic N) is 3. The van der Waals surface area contributed by atoms with Gasteiger partial charge in [-0.2, -0.15) is 0 Å². The lowest BCUT2D eigenvalue weighted by atomic mass is 10.0. The van der Waals surface area contributed by atoms with Crippen LogP contribution in [0.3, 0.4) is 0 Å². The van der Waals surface area contributed by atoms with Crippen molar-refractivity contribution in [1.29, 1.82) is 0 Å². The number of nitrogens with one attached hydrogen (secondary N) is 2. The van der Waals surface area contributed by atoms with Gasteiger partial charge in [0.2, 0.25) is 0 Å². The summed E-state index contributed by atoms with van der Waals surface area (Å²) in [7, 11) is 0. The summed E-state index contributed by atoms with van der Waals surface area (Å²) in [5, 5.41) is 25.2. The fraction of sp³-hybridized carbons (Fsp3) is 0.258. The molecule has 0 saturated carbocycles. The number of amides is 1. The maximum Gasteiger partial charge on any atom is 0.407 e. The SMILES string of the molecule is Cc1cc2nc(-c3c(O)c4c(NC5CCCN(C(=O)O)C5)cccc4n(Cc4ccccc4)c3=O)[nH]c2cc1C. The third kappa shape index (κ3) is 4.53. The lowest BCUT2D eigenvalue weighted by Gasteiger charge is -2.32. The van der Waals surface area contributed by atoms with Gasteiger partial charge in [-0.05, 0) is 67.6 Å². The number of H-pyrrole nitrogens is 1. The van der Waals surface area contributed by atoms with E-state index in [4.69, 9.17) is 4.98 Å². The van der Waals surface area contributed by atoms with E-state index in [1.54, 1.807) is 4.57 Å². The number of aromatic amines is 1. The van der Waals surface area contributed by atoms with Gasteiger partial charge in [0, 0.05) is 24.8 Å². The molecule has 0 aliphatic carbocycles. The molecule has 1 aliphatic rings. The smallest absolute Gasteiger partial charge is 0.407 e. The van der Waals surface area contributed by atoms with Crippen LogP contribution in [0, 0.1) is 13.8 Å². The van der Waals surface area contributed by atoms with Gasteiger partial charge in [0.05, 0.1) is 28.5 Å². The molecule has 204 valence electrons. The summed E-state index contributed by atoms with van der Waals surface area (Å²) in [5.41, 5.74) is 5.59. The van der Waals surface area contributed by atoms with Crippen LogP contribution in [0.4, 0.5) is 10.5 Å². The Morgan fingerprint density at radius 2 is 1.88 bits per heavy atom. The van der Waals surface area contributed by atoms with Crippen LogP contribution < -0.4 is 10.9 Å². The zero-order chi connectivity index (χ0) is 28.0. The number of aromatic hydroxyl groups is 1. The summed E-state index contributed by atoms with van der Waals surface area (Å²) in [6.45, 7) is 5.18. The number of benzene rings is 3. The van der Waals surface area contributed by atoms with E-state index in [9.17, 15) is 19.8 Å². The Morgan fingerprint density at radius 1 is 1.10 bits per heavy atom. The zero-order valence-electron chi connectivity index (χ0n) is 22.4. The van der Waals surface area contributed by atoms with Crippen molar-refractivity contribution in [1.82, 2.24) is 19.4 Å². The van der Waals surface area contributed by atoms with Gasteiger partial charge in [-0.25, -0.2) is 9.78 Å². The zero-order valence-corrected chi connectivity index (χ0v) is 22.4. The molecular formula is C31H31N5O4. The third-order valence-corrected chi connectivity index (χ3v) is 7.84. The first-order valence-electron chi connectivity index (χ1n) is 13.4. The highest BCUT2D eigenvalue weighted by Gasteiger charge is 2.26. The Balaban J connectivity index is 1.55. The Morgan fingerprint density at radius 3 is 2.65 bits per heavy atom. The molecule has 2 aromatic heterocycles. The molecule has 1 aliphatic heterocycles. The fourth-order valence-electron chi connectivity index (χ4n) is 5.62. The highest BCUT2D eigenvalue weighted by Crippen LogP contribution is 2.38. The molecule has 9 nitrogen and oxygen atoms in total. The molecule has 1 unspecified atom stereocenters. The van der Waals surface area contributed by atoms with Gasteiger partial charge in [0.1, 0.15) is 17.1 Å². The first-order valence-corrected chi connectivity index (χ1v) is 13.4. The third-order valence-electron chi connectivity index (χ3n) is 7.84. The van der Waals surface area contributed by atoms with E-state index in [0.717, 1.165) is 35.0 Å². The predicted octanol–water partition coefficient (Wildman–Crippen LogP) is 5.47. The van der Waals surface area contributed by atoms with Gasteiger partial charge in [0.15, 0.2) is 0 Å². The molecule has 40 heavy (non-hydrogen) atoms. The van der Waals surface area contributed by atoms with E-state index in [-0.39, 0.29) is 22.9 Å². The molecule has 4 N–H and O–H groups in total. The number of pyridine rings is 1. The van der Waals surface area contributed by atoms with Crippen molar-refractivity contribution in [2.75, 3.05) is 18.4 Å². The minimum absolute atomic E-state index is 0.0972. The largest absolute Gasteiger partial charge is 0.506 e. The number of hydrogen-bond donors (Lipinski definition) is 4. The van der Waals surface area contributed by atoms with Gasteiger partial charge < -0.3 is 30.0 Å². The average Bonchev–Trinajstić information content (AvgIpc) is 3.33. The van der Waals surface area contributed by atoms with Gasteiger partial charge in [-0.3, -0.25) is 4.79 Å². The highest BCUT2D eigenvalue weighted by molar-refractivity contribution is 6.01. The van der Waals surface area contributed by atoms with Crippen LogP contribution in [0.25, 0.3) is 33.3 Å². The maximum atomic E-state index is 14.1. The number of carboxylic acid groups (broad SMARTS) is 1. The molecule has 0 radical (unpaired) electrons. The van der Waals surface area contributed by atoms with E-state index in [2.05, 4.69) is 10.3 Å². The fourth-order valence-corrected chi connectivity index (χ4v) is 5.62. The van der Waals surface area contributed by atoms with Gasteiger partial charge in [-0.15, -0.1) is 0 Å². The van der Waals surface area contributed by atoms with Crippen LogP contribution in [0.1, 0.15) is 29.5 Å². The summed E-state index contributed by atoms with van der Waals surface area (Å²) in [6, 6.07) is 19.1. The molecule has 3 heterocycles. The lowest BCUT2D eigenvalue weighted by molar-refractivity contribution is 0.133. The quantitative estimate of drug-likeness (QED) is 0.236. The Labute approximate surface area is 230 Å². The second-order valence-corrected chi connectivity index (χ2v) is 10.6. The summed E-state index contributed by atoms with van der Waals surface area (Å²) in [6.07, 6.45) is 0.587. The number of imidazole rings is 1. The van der Waals surface area contributed by atoms with Crippen molar-refractivity contribution >= 4 is 33.7 Å². The monoisotopic (exact) mass is 537 g/mol.